The van der Waals surface area contributed by atoms with Gasteiger partial charge in [0.2, 0.25) is 0 Å². The predicted molar refractivity (Wildman–Crippen MR) is 63.9 cm³/mol. The number of anilines is 1. The number of halogens is 1. The van der Waals surface area contributed by atoms with Crippen LogP contribution in [0.4, 0.5) is 10.1 Å². The van der Waals surface area contributed by atoms with Gasteiger partial charge < -0.3 is 10.0 Å². The largest absolute Gasteiger partial charge is 0.391 e. The summed E-state index contributed by atoms with van der Waals surface area (Å²) >= 11 is 0. The lowest BCUT2D eigenvalue weighted by Crippen LogP contribution is -2.38. The van der Waals surface area contributed by atoms with Gasteiger partial charge in [0.15, 0.2) is 5.78 Å². The average molecular weight is 237 g/mol. The Morgan fingerprint density at radius 3 is 2.94 bits per heavy atom. The molecule has 1 fully saturated rings. The number of ketones is 1. The first-order valence-electron chi connectivity index (χ1n) is 5.81. The average Bonchev–Trinajstić information content (AvgIpc) is 2.28. The number of piperidine rings is 1. The highest BCUT2D eigenvalue weighted by atomic mass is 19.1. The molecule has 0 aromatic heterocycles. The van der Waals surface area contributed by atoms with E-state index in [9.17, 15) is 14.3 Å². The van der Waals surface area contributed by atoms with E-state index in [4.69, 9.17) is 0 Å². The molecule has 1 aliphatic heterocycles. The molecular weight excluding hydrogens is 221 g/mol. The van der Waals surface area contributed by atoms with Crippen molar-refractivity contribution in [2.24, 2.45) is 0 Å². The molecule has 1 unspecified atom stereocenters. The molecule has 1 heterocycles. The van der Waals surface area contributed by atoms with E-state index in [1.807, 2.05) is 4.90 Å². The number of nitrogens with zero attached hydrogens (tertiary/aromatic N) is 1. The number of carbonyl (C=O) groups excluding carboxylic acids is 1. The molecule has 0 aliphatic carbocycles. The van der Waals surface area contributed by atoms with E-state index in [1.54, 1.807) is 6.07 Å². The molecule has 0 spiro atoms. The van der Waals surface area contributed by atoms with E-state index in [2.05, 4.69) is 0 Å². The van der Waals surface area contributed by atoms with E-state index in [0.717, 1.165) is 25.1 Å². The van der Waals surface area contributed by atoms with Crippen molar-refractivity contribution < 1.29 is 14.3 Å². The Bertz CT molecular complexity index is 433. The lowest BCUT2D eigenvalue weighted by atomic mass is 10.0. The molecule has 4 heteroatoms. The van der Waals surface area contributed by atoms with Crippen molar-refractivity contribution in [1.29, 1.82) is 0 Å². The van der Waals surface area contributed by atoms with Crippen LogP contribution in [0.2, 0.25) is 0 Å². The summed E-state index contributed by atoms with van der Waals surface area (Å²) in [6.07, 6.45) is 1.30. The number of benzene rings is 1. The van der Waals surface area contributed by atoms with Crippen molar-refractivity contribution in [3.05, 3.63) is 29.6 Å². The van der Waals surface area contributed by atoms with Crippen molar-refractivity contribution >= 4 is 11.5 Å². The number of aliphatic hydroxyl groups is 1. The molecule has 2 rings (SSSR count). The van der Waals surface area contributed by atoms with Crippen molar-refractivity contribution in [2.75, 3.05) is 18.0 Å². The first-order chi connectivity index (χ1) is 8.08. The maximum atomic E-state index is 13.1. The Kier molecular flexibility index (Phi) is 3.43. The summed E-state index contributed by atoms with van der Waals surface area (Å²) in [5, 5.41) is 9.62. The van der Waals surface area contributed by atoms with Gasteiger partial charge in [0.1, 0.15) is 5.82 Å². The van der Waals surface area contributed by atoms with Crippen molar-refractivity contribution in [2.45, 2.75) is 25.9 Å². The Balaban J connectivity index is 2.33. The number of aliphatic hydroxyl groups excluding tert-OH is 1. The fourth-order valence-corrected chi connectivity index (χ4v) is 2.24. The summed E-state index contributed by atoms with van der Waals surface area (Å²) in [5.74, 6) is -0.559. The van der Waals surface area contributed by atoms with E-state index in [-0.39, 0.29) is 11.9 Å². The van der Waals surface area contributed by atoms with E-state index < -0.39 is 5.82 Å². The zero-order valence-corrected chi connectivity index (χ0v) is 9.82. The van der Waals surface area contributed by atoms with Gasteiger partial charge in [-0.3, -0.25) is 4.79 Å². The summed E-state index contributed by atoms with van der Waals surface area (Å²) in [6, 6.07) is 4.23. The minimum absolute atomic E-state index is 0.153. The third-order valence-corrected chi connectivity index (χ3v) is 3.08. The topological polar surface area (TPSA) is 40.5 Å². The second kappa shape index (κ2) is 4.84. The van der Waals surface area contributed by atoms with Gasteiger partial charge in [-0.2, -0.15) is 0 Å². The van der Waals surface area contributed by atoms with Gasteiger partial charge in [-0.25, -0.2) is 4.39 Å². The summed E-state index contributed by atoms with van der Waals surface area (Å²) < 4.78 is 13.1. The van der Waals surface area contributed by atoms with Gasteiger partial charge in [0, 0.05) is 24.3 Å². The normalized spacial score (nSPS) is 20.4. The van der Waals surface area contributed by atoms with Crippen LogP contribution in [-0.2, 0) is 0 Å². The molecular formula is C13H16FNO2. The number of rotatable bonds is 2. The second-order valence-electron chi connectivity index (χ2n) is 4.46. The Labute approximate surface area is 99.9 Å². The minimum atomic E-state index is -0.406. The van der Waals surface area contributed by atoms with E-state index >= 15 is 0 Å². The monoisotopic (exact) mass is 237 g/mol. The third-order valence-electron chi connectivity index (χ3n) is 3.08. The van der Waals surface area contributed by atoms with Gasteiger partial charge in [-0.15, -0.1) is 0 Å². The van der Waals surface area contributed by atoms with Crippen molar-refractivity contribution in [1.82, 2.24) is 0 Å². The molecule has 17 heavy (non-hydrogen) atoms. The van der Waals surface area contributed by atoms with Crippen LogP contribution in [0, 0.1) is 5.82 Å². The van der Waals surface area contributed by atoms with Crippen LogP contribution < -0.4 is 4.90 Å². The van der Waals surface area contributed by atoms with Crippen molar-refractivity contribution in [3.8, 4) is 0 Å². The third kappa shape index (κ3) is 2.64. The number of hydrogen-bond donors (Lipinski definition) is 1. The van der Waals surface area contributed by atoms with E-state index in [0.29, 0.717) is 12.1 Å². The summed E-state index contributed by atoms with van der Waals surface area (Å²) in [6.45, 7) is 2.73. The zero-order valence-electron chi connectivity index (χ0n) is 9.82. The molecule has 0 saturated carbocycles. The molecule has 92 valence electrons. The molecule has 0 bridgehead atoms. The van der Waals surface area contributed by atoms with Gasteiger partial charge in [0.05, 0.1) is 6.10 Å². The molecule has 0 radical (unpaired) electrons. The molecule has 1 aromatic carbocycles. The lowest BCUT2D eigenvalue weighted by Gasteiger charge is -2.33. The fraction of sp³-hybridized carbons (Fsp3) is 0.462. The number of carbonyl (C=O) groups is 1. The van der Waals surface area contributed by atoms with E-state index in [1.165, 1.54) is 19.1 Å². The fourth-order valence-electron chi connectivity index (χ4n) is 2.24. The zero-order chi connectivity index (χ0) is 12.4. The molecule has 1 atom stereocenters. The minimum Gasteiger partial charge on any atom is -0.391 e. The highest BCUT2D eigenvalue weighted by Gasteiger charge is 2.21. The maximum absolute atomic E-state index is 13.1. The van der Waals surface area contributed by atoms with Gasteiger partial charge in [0.25, 0.3) is 0 Å². The SMILES string of the molecule is CC(=O)c1cc(F)ccc1N1CCCC(O)C1. The Morgan fingerprint density at radius 1 is 1.53 bits per heavy atom. The van der Waals surface area contributed by atoms with Gasteiger partial charge in [-0.1, -0.05) is 0 Å². The van der Waals surface area contributed by atoms with Crippen LogP contribution >= 0.6 is 0 Å². The lowest BCUT2D eigenvalue weighted by molar-refractivity contribution is 0.101. The highest BCUT2D eigenvalue weighted by molar-refractivity contribution is 5.99. The summed E-state index contributed by atoms with van der Waals surface area (Å²) in [7, 11) is 0. The highest BCUT2D eigenvalue weighted by Crippen LogP contribution is 2.25. The molecule has 1 N–H and O–H groups in total. The van der Waals surface area contributed by atoms with Crippen LogP contribution in [0.5, 0.6) is 0 Å². The van der Waals surface area contributed by atoms with Crippen LogP contribution in [0.15, 0.2) is 18.2 Å². The molecule has 1 saturated heterocycles. The van der Waals surface area contributed by atoms with Crippen LogP contribution in [0.1, 0.15) is 30.1 Å². The van der Waals surface area contributed by atoms with Crippen molar-refractivity contribution in [3.63, 3.8) is 0 Å². The second-order valence-corrected chi connectivity index (χ2v) is 4.46. The Morgan fingerprint density at radius 2 is 2.29 bits per heavy atom. The summed E-state index contributed by atoms with van der Waals surface area (Å²) in [5.41, 5.74) is 1.11. The van der Waals surface area contributed by atoms with Crippen LogP contribution in [0.3, 0.4) is 0 Å². The van der Waals surface area contributed by atoms with Crippen LogP contribution in [-0.4, -0.2) is 30.1 Å². The Hall–Kier alpha value is -1.42. The molecule has 0 amide bonds. The molecule has 1 aromatic rings. The quantitative estimate of drug-likeness (QED) is 0.800. The number of Topliss-reactive ketones (excluding diaryl/α,β-unsaturated/α-hetero) is 1. The van der Waals surface area contributed by atoms with Gasteiger partial charge in [-0.05, 0) is 38.0 Å². The number of β-amino-alcohol motifs (C(OH)–C–C–N with tert-alkyl or cyclic N) is 1. The number of hydrogen-bond acceptors (Lipinski definition) is 3. The molecule has 1 aliphatic rings. The first-order valence-corrected chi connectivity index (χ1v) is 5.81. The maximum Gasteiger partial charge on any atom is 0.161 e. The predicted octanol–water partition coefficient (Wildman–Crippen LogP) is 1.99. The first kappa shape index (κ1) is 12.0. The smallest absolute Gasteiger partial charge is 0.161 e. The standard InChI is InChI=1S/C13H16FNO2/c1-9(16)12-7-10(14)4-5-13(12)15-6-2-3-11(17)8-15/h4-5,7,11,17H,2-3,6,8H2,1H3. The van der Waals surface area contributed by atoms with Gasteiger partial charge >= 0.3 is 0 Å². The molecule has 3 nitrogen and oxygen atoms in total. The summed E-state index contributed by atoms with van der Waals surface area (Å²) in [4.78, 5) is 13.4. The van der Waals surface area contributed by atoms with Crippen LogP contribution in [0.25, 0.3) is 0 Å².